The molecule has 2 aliphatic rings. The summed E-state index contributed by atoms with van der Waals surface area (Å²) < 4.78 is 49.4. The van der Waals surface area contributed by atoms with Gasteiger partial charge in [-0.05, 0) is 44.0 Å². The van der Waals surface area contributed by atoms with E-state index in [0.717, 1.165) is 11.3 Å². The molecule has 1 aromatic carbocycles. The molecule has 11 heteroatoms. The van der Waals surface area contributed by atoms with Crippen LogP contribution in [0.1, 0.15) is 25.8 Å². The van der Waals surface area contributed by atoms with Gasteiger partial charge < -0.3 is 19.3 Å². The van der Waals surface area contributed by atoms with Crippen molar-refractivity contribution in [2.45, 2.75) is 50.0 Å². The first-order valence-corrected chi connectivity index (χ1v) is 12.7. The van der Waals surface area contributed by atoms with E-state index in [1.54, 1.807) is 38.1 Å². The van der Waals surface area contributed by atoms with Crippen LogP contribution in [0.25, 0.3) is 0 Å². The number of ether oxygens (including phenoxy) is 2. The van der Waals surface area contributed by atoms with E-state index in [9.17, 15) is 17.6 Å². The number of rotatable bonds is 5. The number of amides is 1. The average molecular weight is 479 g/mol. The number of carbonyl (C=O) groups excluding carboxylic acids is 1. The summed E-state index contributed by atoms with van der Waals surface area (Å²) in [4.78, 5) is 24.1. The minimum Gasteiger partial charge on any atom is -0.471 e. The third kappa shape index (κ3) is 5.18. The second-order valence-electron chi connectivity index (χ2n) is 8.52. The van der Waals surface area contributed by atoms with Crippen LogP contribution in [-0.2, 0) is 21.0 Å². The second kappa shape index (κ2) is 9.12. The first-order valence-electron chi connectivity index (χ1n) is 10.8. The Morgan fingerprint density at radius 1 is 1.21 bits per heavy atom. The van der Waals surface area contributed by atoms with Crippen LogP contribution in [-0.4, -0.2) is 73.6 Å². The number of alkyl halides is 1. The smallest absolute Gasteiger partial charge is 0.410 e. The molecule has 0 unspecified atom stereocenters. The number of likely N-dealkylation sites (tertiary alicyclic amines) is 1. The van der Waals surface area contributed by atoms with Gasteiger partial charge in [-0.25, -0.2) is 27.6 Å². The molecule has 9 nitrogen and oxygen atoms in total. The number of halogens is 1. The van der Waals surface area contributed by atoms with E-state index in [4.69, 9.17) is 9.47 Å². The Morgan fingerprint density at radius 2 is 2.00 bits per heavy atom. The highest BCUT2D eigenvalue weighted by Gasteiger charge is 2.34. The summed E-state index contributed by atoms with van der Waals surface area (Å²) in [6.45, 7) is 4.35. The van der Waals surface area contributed by atoms with Crippen molar-refractivity contribution in [1.29, 1.82) is 0 Å². The van der Waals surface area contributed by atoms with E-state index in [-0.39, 0.29) is 23.4 Å². The number of hydrogen-bond donors (Lipinski definition) is 0. The number of hydrogen-bond acceptors (Lipinski definition) is 8. The molecule has 2 atom stereocenters. The maximum atomic E-state index is 14.7. The highest BCUT2D eigenvalue weighted by Crippen LogP contribution is 2.35. The molecule has 0 aliphatic carbocycles. The molecule has 4 rings (SSSR count). The van der Waals surface area contributed by atoms with E-state index < -0.39 is 28.2 Å². The van der Waals surface area contributed by atoms with E-state index >= 15 is 0 Å². The Kier molecular flexibility index (Phi) is 6.42. The van der Waals surface area contributed by atoms with Gasteiger partial charge in [0.15, 0.2) is 16.0 Å². The van der Waals surface area contributed by atoms with E-state index in [2.05, 4.69) is 9.97 Å². The van der Waals surface area contributed by atoms with Gasteiger partial charge in [-0.1, -0.05) is 0 Å². The van der Waals surface area contributed by atoms with E-state index in [1.165, 1.54) is 17.5 Å². The second-order valence-corrected chi connectivity index (χ2v) is 10.5. The summed E-state index contributed by atoms with van der Waals surface area (Å²) in [5.74, 6) is 0.825. The van der Waals surface area contributed by atoms with Crippen LogP contribution in [0.5, 0.6) is 5.88 Å². The van der Waals surface area contributed by atoms with Crippen LogP contribution < -0.4 is 9.64 Å². The lowest BCUT2D eigenvalue weighted by atomic mass is 10.1. The van der Waals surface area contributed by atoms with Crippen molar-refractivity contribution < 1.29 is 27.1 Å². The first-order chi connectivity index (χ1) is 15.6. The number of carbonyl (C=O) groups is 1. The number of aromatic nitrogens is 2. The van der Waals surface area contributed by atoms with Gasteiger partial charge in [-0.15, -0.1) is 0 Å². The van der Waals surface area contributed by atoms with E-state index in [1.807, 2.05) is 4.90 Å². The largest absolute Gasteiger partial charge is 0.471 e. The van der Waals surface area contributed by atoms with Gasteiger partial charge >= 0.3 is 6.09 Å². The van der Waals surface area contributed by atoms with Crippen molar-refractivity contribution in [2.75, 3.05) is 30.8 Å². The van der Waals surface area contributed by atoms with Crippen LogP contribution in [0.4, 0.5) is 20.7 Å². The Balaban J connectivity index is 1.44. The predicted octanol–water partition coefficient (Wildman–Crippen LogP) is 2.91. The number of piperidine rings is 1. The Morgan fingerprint density at radius 3 is 2.70 bits per heavy atom. The monoisotopic (exact) mass is 478 g/mol. The minimum absolute atomic E-state index is 0.101. The van der Waals surface area contributed by atoms with Crippen LogP contribution in [0, 0.1) is 0 Å². The quantitative estimate of drug-likeness (QED) is 0.647. The van der Waals surface area contributed by atoms with Gasteiger partial charge in [0.1, 0.15) is 18.2 Å². The standard InChI is InChI=1S/C22H27FN4O5S/c1-14(2)31-22(28)26-8-7-19(17(23)12-26)32-21-11-20(24-13-25-21)27-9-6-15-10-16(33(3,29)30)4-5-18(15)27/h4-5,10-11,13-14,17,19H,6-9,12H2,1-3H3/t17-,19+/m0/s1. The minimum atomic E-state index is -3.28. The fourth-order valence-corrected chi connectivity index (χ4v) is 4.67. The Bertz CT molecular complexity index is 1140. The summed E-state index contributed by atoms with van der Waals surface area (Å²) in [5, 5.41) is 0. The first kappa shape index (κ1) is 23.2. The number of benzene rings is 1. The van der Waals surface area contributed by atoms with Gasteiger partial charge in [0, 0.05) is 37.5 Å². The van der Waals surface area contributed by atoms with E-state index in [0.29, 0.717) is 31.7 Å². The van der Waals surface area contributed by atoms with Crippen molar-refractivity contribution in [3.8, 4) is 5.88 Å². The Hall–Kier alpha value is -2.95. The molecule has 0 spiro atoms. The molecule has 0 saturated carbocycles. The van der Waals surface area contributed by atoms with Gasteiger partial charge in [-0.3, -0.25) is 0 Å². The zero-order chi connectivity index (χ0) is 23.8. The lowest BCUT2D eigenvalue weighted by Gasteiger charge is -2.34. The predicted molar refractivity (Wildman–Crippen MR) is 119 cm³/mol. The molecular weight excluding hydrogens is 451 g/mol. The van der Waals surface area contributed by atoms with Gasteiger partial charge in [0.2, 0.25) is 5.88 Å². The molecule has 1 saturated heterocycles. The van der Waals surface area contributed by atoms with Crippen molar-refractivity contribution >= 4 is 27.4 Å². The van der Waals surface area contributed by atoms with Crippen molar-refractivity contribution in [1.82, 2.24) is 14.9 Å². The average Bonchev–Trinajstić information content (AvgIpc) is 3.17. The molecule has 0 bridgehead atoms. The van der Waals surface area contributed by atoms with Crippen LogP contribution in [0.2, 0.25) is 0 Å². The summed E-state index contributed by atoms with van der Waals surface area (Å²) in [5.41, 5.74) is 1.79. The summed E-state index contributed by atoms with van der Waals surface area (Å²) >= 11 is 0. The number of sulfone groups is 1. The SMILES string of the molecule is CC(C)OC(=O)N1CC[C@@H](Oc2cc(N3CCc4cc(S(C)(=O)=O)ccc43)ncn2)[C@@H](F)C1. The molecule has 33 heavy (non-hydrogen) atoms. The fraction of sp³-hybridized carbons (Fsp3) is 0.500. The normalized spacial score (nSPS) is 20.6. The lowest BCUT2D eigenvalue weighted by Crippen LogP contribution is -2.49. The summed E-state index contributed by atoms with van der Waals surface area (Å²) in [6, 6.07) is 6.68. The molecule has 178 valence electrons. The zero-order valence-electron chi connectivity index (χ0n) is 18.8. The molecule has 2 aromatic rings. The maximum Gasteiger partial charge on any atom is 0.410 e. The fourth-order valence-electron chi connectivity index (χ4n) is 4.00. The number of anilines is 2. The van der Waals surface area contributed by atoms with Gasteiger partial charge in [0.05, 0.1) is 17.5 Å². The highest BCUT2D eigenvalue weighted by atomic mass is 32.2. The van der Waals surface area contributed by atoms with Gasteiger partial charge in [0.25, 0.3) is 0 Å². The van der Waals surface area contributed by atoms with Gasteiger partial charge in [-0.2, -0.15) is 0 Å². The lowest BCUT2D eigenvalue weighted by molar-refractivity contribution is 0.00807. The Labute approximate surface area is 192 Å². The molecule has 1 amide bonds. The summed E-state index contributed by atoms with van der Waals surface area (Å²) in [7, 11) is -3.28. The van der Waals surface area contributed by atoms with Crippen molar-refractivity contribution in [2.24, 2.45) is 0 Å². The molecular formula is C22H27FN4O5S. The zero-order valence-corrected chi connectivity index (χ0v) is 19.6. The molecule has 0 radical (unpaired) electrons. The van der Waals surface area contributed by atoms with Crippen molar-refractivity contribution in [3.63, 3.8) is 0 Å². The molecule has 1 fully saturated rings. The van der Waals surface area contributed by atoms with Crippen LogP contribution in [0.3, 0.4) is 0 Å². The third-order valence-electron chi connectivity index (χ3n) is 5.63. The summed E-state index contributed by atoms with van der Waals surface area (Å²) in [6.07, 6.45) is 0.629. The number of fused-ring (bicyclic) bond motifs is 1. The van der Waals surface area contributed by atoms with Crippen LogP contribution >= 0.6 is 0 Å². The van der Waals surface area contributed by atoms with Crippen LogP contribution in [0.15, 0.2) is 35.5 Å². The molecule has 0 N–H and O–H groups in total. The van der Waals surface area contributed by atoms with Crippen molar-refractivity contribution in [3.05, 3.63) is 36.2 Å². The molecule has 3 heterocycles. The molecule has 2 aliphatic heterocycles. The number of nitrogens with zero attached hydrogens (tertiary/aromatic N) is 4. The maximum absolute atomic E-state index is 14.7. The highest BCUT2D eigenvalue weighted by molar-refractivity contribution is 7.90. The third-order valence-corrected chi connectivity index (χ3v) is 6.74. The topological polar surface area (TPSA) is 102 Å². The molecule has 1 aromatic heterocycles.